The number of hydrogen-bond acceptors (Lipinski definition) is 3. The molecule has 4 heteroatoms. The molecule has 1 aliphatic heterocycles. The molecule has 0 aromatic heterocycles. The van der Waals surface area contributed by atoms with Gasteiger partial charge in [0.1, 0.15) is 5.75 Å². The molecule has 1 N–H and O–H groups in total. The second-order valence-electron chi connectivity index (χ2n) is 5.02. The molecule has 18 heavy (non-hydrogen) atoms. The first-order valence-corrected chi connectivity index (χ1v) is 7.12. The lowest BCUT2D eigenvalue weighted by molar-refractivity contribution is 0.0256. The monoisotopic (exact) mass is 313 g/mol. The van der Waals surface area contributed by atoms with Crippen molar-refractivity contribution in [1.82, 2.24) is 4.90 Å². The molecule has 0 radical (unpaired) electrons. The van der Waals surface area contributed by atoms with Gasteiger partial charge in [-0.15, -0.1) is 0 Å². The fourth-order valence-electron chi connectivity index (χ4n) is 2.37. The Morgan fingerprint density at radius 2 is 2.28 bits per heavy atom. The van der Waals surface area contributed by atoms with E-state index in [0.717, 1.165) is 41.8 Å². The van der Waals surface area contributed by atoms with Gasteiger partial charge in [-0.3, -0.25) is 4.90 Å². The van der Waals surface area contributed by atoms with Gasteiger partial charge in [0.2, 0.25) is 0 Å². The lowest BCUT2D eigenvalue weighted by Crippen LogP contribution is -2.42. The zero-order chi connectivity index (χ0) is 13.1. The average Bonchev–Trinajstić information content (AvgIpc) is 2.34. The smallest absolute Gasteiger partial charge is 0.123 e. The van der Waals surface area contributed by atoms with Gasteiger partial charge in [0.25, 0.3) is 0 Å². The summed E-state index contributed by atoms with van der Waals surface area (Å²) in [4.78, 5) is 2.29. The van der Waals surface area contributed by atoms with Crippen LogP contribution in [0.2, 0.25) is 0 Å². The third kappa shape index (κ3) is 3.25. The van der Waals surface area contributed by atoms with Crippen molar-refractivity contribution in [2.75, 3.05) is 20.2 Å². The molecule has 1 fully saturated rings. The van der Waals surface area contributed by atoms with E-state index in [9.17, 15) is 5.11 Å². The largest absolute Gasteiger partial charge is 0.496 e. The molecule has 0 bridgehead atoms. The van der Waals surface area contributed by atoms with Crippen LogP contribution in [0.5, 0.6) is 5.75 Å². The molecule has 1 heterocycles. The molecule has 1 aromatic carbocycles. The number of likely N-dealkylation sites (tertiary alicyclic amines) is 1. The molecule has 1 aromatic rings. The van der Waals surface area contributed by atoms with Crippen LogP contribution < -0.4 is 4.74 Å². The Labute approximate surface area is 117 Å². The van der Waals surface area contributed by atoms with E-state index in [1.165, 1.54) is 0 Å². The van der Waals surface area contributed by atoms with Crippen LogP contribution in [-0.2, 0) is 6.54 Å². The number of benzene rings is 1. The predicted octanol–water partition coefficient (Wildman–Crippen LogP) is 2.66. The lowest BCUT2D eigenvalue weighted by Gasteiger charge is -2.34. The normalized spacial score (nSPS) is 25.1. The zero-order valence-electron chi connectivity index (χ0n) is 10.9. The molecule has 1 saturated heterocycles. The Hall–Kier alpha value is -0.580. The molecule has 100 valence electrons. The van der Waals surface area contributed by atoms with E-state index >= 15 is 0 Å². The van der Waals surface area contributed by atoms with Gasteiger partial charge in [-0.2, -0.15) is 0 Å². The van der Waals surface area contributed by atoms with Crippen molar-refractivity contribution in [3.63, 3.8) is 0 Å². The highest BCUT2D eigenvalue weighted by atomic mass is 79.9. The van der Waals surface area contributed by atoms with Gasteiger partial charge in [-0.05, 0) is 37.1 Å². The van der Waals surface area contributed by atoms with Crippen molar-refractivity contribution in [3.8, 4) is 5.75 Å². The quantitative estimate of drug-likeness (QED) is 0.931. The number of β-amino-alcohol motifs (C(OH)–C–C–N with tert-alkyl or cyclic N) is 1. The standard InChI is InChI=1S/C14H20BrNO2/c1-10-5-6-16(9-13(10)17)8-11-7-12(15)3-4-14(11)18-2/h3-4,7,10,13,17H,5-6,8-9H2,1-2H3. The van der Waals surface area contributed by atoms with E-state index in [0.29, 0.717) is 5.92 Å². The van der Waals surface area contributed by atoms with Gasteiger partial charge in [-0.25, -0.2) is 0 Å². The number of ether oxygens (including phenoxy) is 1. The summed E-state index contributed by atoms with van der Waals surface area (Å²) < 4.78 is 6.44. The minimum atomic E-state index is -0.211. The number of aliphatic hydroxyl groups excluding tert-OH is 1. The van der Waals surface area contributed by atoms with Crippen molar-refractivity contribution < 1.29 is 9.84 Å². The third-order valence-corrected chi connectivity index (χ3v) is 4.13. The summed E-state index contributed by atoms with van der Waals surface area (Å²) in [6.07, 6.45) is 0.842. The van der Waals surface area contributed by atoms with Crippen molar-refractivity contribution in [1.29, 1.82) is 0 Å². The Morgan fingerprint density at radius 3 is 2.94 bits per heavy atom. The minimum absolute atomic E-state index is 0.211. The predicted molar refractivity (Wildman–Crippen MR) is 75.8 cm³/mol. The first-order chi connectivity index (χ1) is 8.60. The van der Waals surface area contributed by atoms with Crippen LogP contribution in [0.15, 0.2) is 22.7 Å². The summed E-state index contributed by atoms with van der Waals surface area (Å²) in [6.45, 7) is 4.72. The van der Waals surface area contributed by atoms with E-state index < -0.39 is 0 Å². The molecule has 2 unspecified atom stereocenters. The summed E-state index contributed by atoms with van der Waals surface area (Å²) in [5, 5.41) is 9.93. The number of rotatable bonds is 3. The second kappa shape index (κ2) is 6.04. The first kappa shape index (κ1) is 13.8. The van der Waals surface area contributed by atoms with Crippen LogP contribution >= 0.6 is 15.9 Å². The Balaban J connectivity index is 2.07. The summed E-state index contributed by atoms with van der Waals surface area (Å²) in [6, 6.07) is 6.04. The minimum Gasteiger partial charge on any atom is -0.496 e. The summed E-state index contributed by atoms with van der Waals surface area (Å²) >= 11 is 3.49. The molecule has 3 nitrogen and oxygen atoms in total. The van der Waals surface area contributed by atoms with Crippen molar-refractivity contribution in [2.24, 2.45) is 5.92 Å². The van der Waals surface area contributed by atoms with Gasteiger partial charge >= 0.3 is 0 Å². The Kier molecular flexibility index (Phi) is 4.65. The van der Waals surface area contributed by atoms with Crippen LogP contribution in [0, 0.1) is 5.92 Å². The van der Waals surface area contributed by atoms with Crippen LogP contribution in [0.25, 0.3) is 0 Å². The number of methoxy groups -OCH3 is 1. The molecule has 1 aliphatic rings. The molecule has 0 spiro atoms. The maximum atomic E-state index is 9.93. The summed E-state index contributed by atoms with van der Waals surface area (Å²) in [5.74, 6) is 1.32. The van der Waals surface area contributed by atoms with E-state index in [2.05, 4.69) is 33.8 Å². The van der Waals surface area contributed by atoms with Gasteiger partial charge in [0.15, 0.2) is 0 Å². The maximum Gasteiger partial charge on any atom is 0.123 e. The summed E-state index contributed by atoms with van der Waals surface area (Å²) in [5.41, 5.74) is 1.16. The Bertz CT molecular complexity index is 411. The number of hydrogen-bond donors (Lipinski definition) is 1. The van der Waals surface area contributed by atoms with Crippen LogP contribution in [0.3, 0.4) is 0 Å². The van der Waals surface area contributed by atoms with E-state index in [-0.39, 0.29) is 6.10 Å². The Morgan fingerprint density at radius 1 is 1.50 bits per heavy atom. The average molecular weight is 314 g/mol. The molecule has 2 atom stereocenters. The molecule has 0 aliphatic carbocycles. The van der Waals surface area contributed by atoms with Crippen molar-refractivity contribution in [3.05, 3.63) is 28.2 Å². The van der Waals surface area contributed by atoms with Gasteiger partial charge < -0.3 is 9.84 Å². The summed E-state index contributed by atoms with van der Waals surface area (Å²) in [7, 11) is 1.69. The molecular weight excluding hydrogens is 294 g/mol. The van der Waals surface area contributed by atoms with E-state index in [4.69, 9.17) is 4.74 Å². The highest BCUT2D eigenvalue weighted by Crippen LogP contribution is 2.26. The van der Waals surface area contributed by atoms with Crippen molar-refractivity contribution in [2.45, 2.75) is 26.0 Å². The van der Waals surface area contributed by atoms with Crippen LogP contribution in [-0.4, -0.2) is 36.3 Å². The highest BCUT2D eigenvalue weighted by Gasteiger charge is 2.24. The van der Waals surface area contributed by atoms with Crippen LogP contribution in [0.4, 0.5) is 0 Å². The fourth-order valence-corrected chi connectivity index (χ4v) is 2.78. The first-order valence-electron chi connectivity index (χ1n) is 6.33. The van der Waals surface area contributed by atoms with E-state index in [1.54, 1.807) is 7.11 Å². The number of nitrogens with zero attached hydrogens (tertiary/aromatic N) is 1. The van der Waals surface area contributed by atoms with E-state index in [1.807, 2.05) is 12.1 Å². The van der Waals surface area contributed by atoms with Gasteiger partial charge in [-0.1, -0.05) is 22.9 Å². The molecule has 0 amide bonds. The lowest BCUT2D eigenvalue weighted by atomic mass is 9.96. The van der Waals surface area contributed by atoms with Crippen molar-refractivity contribution >= 4 is 15.9 Å². The number of piperidine rings is 1. The third-order valence-electron chi connectivity index (χ3n) is 3.64. The van der Waals surface area contributed by atoms with Gasteiger partial charge in [0.05, 0.1) is 13.2 Å². The zero-order valence-corrected chi connectivity index (χ0v) is 12.5. The van der Waals surface area contributed by atoms with Gasteiger partial charge in [0, 0.05) is 23.1 Å². The molecule has 0 saturated carbocycles. The SMILES string of the molecule is COc1ccc(Br)cc1CN1CCC(C)C(O)C1. The topological polar surface area (TPSA) is 32.7 Å². The highest BCUT2D eigenvalue weighted by molar-refractivity contribution is 9.10. The molecule has 2 rings (SSSR count). The second-order valence-corrected chi connectivity index (χ2v) is 5.94. The fraction of sp³-hybridized carbons (Fsp3) is 0.571. The number of halogens is 1. The molecular formula is C14H20BrNO2. The maximum absolute atomic E-state index is 9.93. The van der Waals surface area contributed by atoms with Crippen LogP contribution in [0.1, 0.15) is 18.9 Å². The number of aliphatic hydroxyl groups is 1.